The first-order valence-corrected chi connectivity index (χ1v) is 14.1. The third-order valence-electron chi connectivity index (χ3n) is 6.01. The van der Waals surface area contributed by atoms with Gasteiger partial charge in [-0.2, -0.15) is 0 Å². The highest BCUT2D eigenvalue weighted by Crippen LogP contribution is 2.26. The highest BCUT2D eigenvalue weighted by molar-refractivity contribution is 7.93. The number of aryl methyl sites for hydroxylation is 1. The van der Waals surface area contributed by atoms with Gasteiger partial charge >= 0.3 is 0 Å². The van der Waals surface area contributed by atoms with Crippen molar-refractivity contribution in [1.82, 2.24) is 4.57 Å². The molecule has 4 aromatic carbocycles. The van der Waals surface area contributed by atoms with Gasteiger partial charge in [0.25, 0.3) is 20.0 Å². The molecule has 0 spiro atoms. The monoisotopic (exact) mass is 551 g/mol. The molecule has 1 heterocycles. The zero-order chi connectivity index (χ0) is 27.2. The molecule has 0 saturated heterocycles. The van der Waals surface area contributed by atoms with Crippen LogP contribution in [0, 0.1) is 0 Å². The lowest BCUT2D eigenvalue weighted by molar-refractivity contribution is 0.475. The number of sulfonamides is 2. The number of anilines is 2. The van der Waals surface area contributed by atoms with Crippen molar-refractivity contribution in [2.75, 3.05) is 9.44 Å². The maximum absolute atomic E-state index is 13.5. The molecule has 0 aliphatic rings. The van der Waals surface area contributed by atoms with Crippen LogP contribution in [0.15, 0.2) is 99.5 Å². The predicted octanol–water partition coefficient (Wildman–Crippen LogP) is 3.70. The van der Waals surface area contributed by atoms with Crippen LogP contribution in [0.3, 0.4) is 0 Å². The Morgan fingerprint density at radius 1 is 0.605 bits per heavy atom. The Kier molecular flexibility index (Phi) is 6.00. The Hall–Kier alpha value is -4.55. The molecule has 0 unspecified atom stereocenters. The Morgan fingerprint density at radius 3 is 1.34 bits per heavy atom. The molecule has 12 heteroatoms. The summed E-state index contributed by atoms with van der Waals surface area (Å²) >= 11 is 0. The first-order chi connectivity index (χ1) is 17.9. The molecule has 4 N–H and O–H groups in total. The second-order valence-corrected chi connectivity index (χ2v) is 11.9. The Balaban J connectivity index is 1.59. The summed E-state index contributed by atoms with van der Waals surface area (Å²) in [5.74, 6) is -0.0395. The van der Waals surface area contributed by atoms with Gasteiger partial charge in [0.05, 0.1) is 20.8 Å². The van der Waals surface area contributed by atoms with Gasteiger partial charge in [0.15, 0.2) is 5.43 Å². The molecule has 1 aromatic heterocycles. The summed E-state index contributed by atoms with van der Waals surface area (Å²) in [7, 11) is -6.46. The first kappa shape index (κ1) is 25.1. The number of hydrogen-bond acceptors (Lipinski definition) is 7. The molecule has 194 valence electrons. The van der Waals surface area contributed by atoms with Crippen LogP contribution in [-0.4, -0.2) is 31.6 Å². The van der Waals surface area contributed by atoms with Crippen LogP contribution in [-0.2, 0) is 27.1 Å². The predicted molar refractivity (Wildman–Crippen MR) is 145 cm³/mol. The van der Waals surface area contributed by atoms with E-state index in [1.807, 2.05) is 0 Å². The number of hydrogen-bond donors (Lipinski definition) is 4. The second kappa shape index (κ2) is 9.08. The lowest BCUT2D eigenvalue weighted by Gasteiger charge is -2.14. The molecule has 10 nitrogen and oxygen atoms in total. The van der Waals surface area contributed by atoms with Gasteiger partial charge in [0.1, 0.15) is 11.5 Å². The molecule has 5 aromatic rings. The van der Waals surface area contributed by atoms with Crippen LogP contribution in [0.5, 0.6) is 11.5 Å². The van der Waals surface area contributed by atoms with E-state index >= 15 is 0 Å². The molecular weight excluding hydrogens is 530 g/mol. The van der Waals surface area contributed by atoms with E-state index in [-0.39, 0.29) is 43.4 Å². The van der Waals surface area contributed by atoms with Crippen molar-refractivity contribution in [3.63, 3.8) is 0 Å². The number of fused-ring (bicyclic) bond motifs is 2. The standard InChI is InChI=1S/C26H21N3O7S2/c1-29-24-12-10-20(37(33,34)27-16-2-6-18(30)7-3-16)14-22(24)26(32)23-15-21(11-13-25(23)29)38(35,36)28-17-4-8-19(31)9-5-17/h2-15,27-28,30-31H,1H3. The van der Waals surface area contributed by atoms with Crippen LogP contribution in [0.2, 0.25) is 0 Å². The van der Waals surface area contributed by atoms with Crippen molar-refractivity contribution in [3.8, 4) is 11.5 Å². The fraction of sp³-hybridized carbons (Fsp3) is 0.0385. The largest absolute Gasteiger partial charge is 0.508 e. The lowest BCUT2D eigenvalue weighted by atomic mass is 10.1. The summed E-state index contributed by atoms with van der Waals surface area (Å²) in [5, 5.41) is 19.0. The summed E-state index contributed by atoms with van der Waals surface area (Å²) in [5.41, 5.74) is 0.847. The zero-order valence-electron chi connectivity index (χ0n) is 19.8. The van der Waals surface area contributed by atoms with E-state index in [1.165, 1.54) is 84.9 Å². The minimum absolute atomic E-state index is 0.0197. The van der Waals surface area contributed by atoms with Gasteiger partial charge in [-0.15, -0.1) is 0 Å². The van der Waals surface area contributed by atoms with E-state index in [4.69, 9.17) is 0 Å². The Bertz CT molecular complexity index is 1840. The third-order valence-corrected chi connectivity index (χ3v) is 8.77. The normalized spacial score (nSPS) is 12.0. The average molecular weight is 552 g/mol. The van der Waals surface area contributed by atoms with Gasteiger partial charge in [0.2, 0.25) is 0 Å². The number of nitrogens with one attached hydrogen (secondary N) is 2. The van der Waals surface area contributed by atoms with Crippen molar-refractivity contribution in [2.45, 2.75) is 9.79 Å². The van der Waals surface area contributed by atoms with Gasteiger partial charge in [-0.25, -0.2) is 16.8 Å². The molecule has 0 radical (unpaired) electrons. The molecule has 0 aliphatic heterocycles. The number of rotatable bonds is 6. The van der Waals surface area contributed by atoms with Gasteiger partial charge in [-0.05, 0) is 84.9 Å². The highest BCUT2D eigenvalue weighted by atomic mass is 32.2. The van der Waals surface area contributed by atoms with E-state index in [2.05, 4.69) is 9.44 Å². The lowest BCUT2D eigenvalue weighted by Crippen LogP contribution is -2.16. The third kappa shape index (κ3) is 4.62. The van der Waals surface area contributed by atoms with Gasteiger partial charge in [-0.1, -0.05) is 0 Å². The summed E-state index contributed by atoms with van der Waals surface area (Å²) < 4.78 is 58.4. The maximum Gasteiger partial charge on any atom is 0.261 e. The molecule has 0 aliphatic carbocycles. The Morgan fingerprint density at radius 2 is 0.974 bits per heavy atom. The molecule has 0 fully saturated rings. The minimum Gasteiger partial charge on any atom is -0.508 e. The minimum atomic E-state index is -4.07. The van der Waals surface area contributed by atoms with E-state index in [0.29, 0.717) is 11.0 Å². The Labute approximate surface area is 217 Å². The molecule has 5 rings (SSSR count). The highest BCUT2D eigenvalue weighted by Gasteiger charge is 2.20. The quantitative estimate of drug-likeness (QED) is 0.185. The van der Waals surface area contributed by atoms with Gasteiger partial charge in [-0.3, -0.25) is 14.2 Å². The summed E-state index contributed by atoms with van der Waals surface area (Å²) in [6, 6.07) is 19.2. The molecule has 38 heavy (non-hydrogen) atoms. The smallest absolute Gasteiger partial charge is 0.261 e. The number of nitrogens with zero attached hydrogens (tertiary/aromatic N) is 1. The van der Waals surface area contributed by atoms with Gasteiger partial charge < -0.3 is 14.8 Å². The molecule has 0 atom stereocenters. The summed E-state index contributed by atoms with van der Waals surface area (Å²) in [6.45, 7) is 0. The summed E-state index contributed by atoms with van der Waals surface area (Å²) in [6.07, 6.45) is 0. The topological polar surface area (TPSA) is 155 Å². The molecule has 0 amide bonds. The molecule has 0 bridgehead atoms. The molecule has 0 saturated carbocycles. The van der Waals surface area contributed by atoms with E-state index in [9.17, 15) is 31.8 Å². The van der Waals surface area contributed by atoms with Crippen LogP contribution in [0.1, 0.15) is 0 Å². The second-order valence-electron chi connectivity index (χ2n) is 8.55. The maximum atomic E-state index is 13.5. The molecular formula is C26H21N3O7S2. The van der Waals surface area contributed by atoms with E-state index in [0.717, 1.165) is 0 Å². The van der Waals surface area contributed by atoms with Crippen molar-refractivity contribution >= 4 is 53.2 Å². The van der Waals surface area contributed by atoms with Crippen molar-refractivity contribution < 1.29 is 27.0 Å². The van der Waals surface area contributed by atoms with Crippen LogP contribution < -0.4 is 14.9 Å². The number of aromatic nitrogens is 1. The number of benzene rings is 4. The van der Waals surface area contributed by atoms with Gasteiger partial charge in [0, 0.05) is 29.2 Å². The fourth-order valence-electron chi connectivity index (χ4n) is 4.08. The number of phenols is 2. The van der Waals surface area contributed by atoms with Crippen LogP contribution in [0.25, 0.3) is 21.8 Å². The van der Waals surface area contributed by atoms with E-state index < -0.39 is 25.5 Å². The number of phenolic OH excluding ortho intramolecular Hbond substituents is 2. The van der Waals surface area contributed by atoms with Crippen LogP contribution >= 0.6 is 0 Å². The van der Waals surface area contributed by atoms with Crippen molar-refractivity contribution in [2.24, 2.45) is 7.05 Å². The summed E-state index contributed by atoms with van der Waals surface area (Å²) in [4.78, 5) is 13.2. The van der Waals surface area contributed by atoms with E-state index in [1.54, 1.807) is 11.6 Å². The van der Waals surface area contributed by atoms with Crippen molar-refractivity contribution in [1.29, 1.82) is 0 Å². The zero-order valence-corrected chi connectivity index (χ0v) is 21.4. The first-order valence-electron chi connectivity index (χ1n) is 11.1. The fourth-order valence-corrected chi connectivity index (χ4v) is 6.24. The van der Waals surface area contributed by atoms with Crippen molar-refractivity contribution in [3.05, 3.63) is 95.2 Å². The average Bonchev–Trinajstić information content (AvgIpc) is 2.89. The number of aromatic hydroxyl groups is 2. The van der Waals surface area contributed by atoms with Crippen LogP contribution in [0.4, 0.5) is 11.4 Å². The SMILES string of the molecule is Cn1c2ccc(S(=O)(=O)Nc3ccc(O)cc3)cc2c(=O)c2cc(S(=O)(=O)Nc3ccc(O)cc3)ccc21. The number of pyridine rings is 1.